The Bertz CT molecular complexity index is 163. The zero-order chi connectivity index (χ0) is 9.40. The third-order valence-electron chi connectivity index (χ3n) is 1.45. The van der Waals surface area contributed by atoms with E-state index in [9.17, 15) is 9.59 Å². The first-order valence-corrected chi connectivity index (χ1v) is 3.93. The standard InChI is InChI=1S/C9H14O3/c1-3-9(11)12-7-8(2)5-4-6-10/h3,6,8H,1,4-5,7H2,2H3. The molecule has 0 N–H and O–H groups in total. The maximum atomic E-state index is 10.6. The van der Waals surface area contributed by atoms with E-state index in [0.717, 1.165) is 18.8 Å². The number of ether oxygens (including phenoxy) is 1. The highest BCUT2D eigenvalue weighted by molar-refractivity contribution is 5.81. The van der Waals surface area contributed by atoms with Crippen molar-refractivity contribution in [2.45, 2.75) is 19.8 Å². The highest BCUT2D eigenvalue weighted by atomic mass is 16.5. The average Bonchev–Trinajstić information content (AvgIpc) is 2.10. The van der Waals surface area contributed by atoms with Gasteiger partial charge in [0.1, 0.15) is 6.29 Å². The lowest BCUT2D eigenvalue weighted by Gasteiger charge is -2.08. The number of hydrogen-bond donors (Lipinski definition) is 0. The molecule has 0 aromatic rings. The van der Waals surface area contributed by atoms with E-state index in [1.54, 1.807) is 0 Å². The van der Waals surface area contributed by atoms with Crippen LogP contribution in [0.5, 0.6) is 0 Å². The van der Waals surface area contributed by atoms with Crippen molar-refractivity contribution in [3.8, 4) is 0 Å². The minimum absolute atomic E-state index is 0.235. The van der Waals surface area contributed by atoms with Crippen molar-refractivity contribution in [3.05, 3.63) is 12.7 Å². The molecule has 0 aliphatic carbocycles. The van der Waals surface area contributed by atoms with Gasteiger partial charge in [0.15, 0.2) is 0 Å². The van der Waals surface area contributed by atoms with E-state index >= 15 is 0 Å². The van der Waals surface area contributed by atoms with Gasteiger partial charge in [-0.25, -0.2) is 4.79 Å². The number of aldehydes is 1. The van der Waals surface area contributed by atoms with Gasteiger partial charge < -0.3 is 9.53 Å². The summed E-state index contributed by atoms with van der Waals surface area (Å²) in [4.78, 5) is 20.6. The molecule has 0 spiro atoms. The Hall–Kier alpha value is -1.12. The van der Waals surface area contributed by atoms with E-state index < -0.39 is 5.97 Å². The van der Waals surface area contributed by atoms with Gasteiger partial charge >= 0.3 is 5.97 Å². The van der Waals surface area contributed by atoms with E-state index in [1.165, 1.54) is 0 Å². The second kappa shape index (κ2) is 6.58. The number of carbonyl (C=O) groups excluding carboxylic acids is 2. The van der Waals surface area contributed by atoms with Gasteiger partial charge in [-0.05, 0) is 12.3 Å². The second-order valence-corrected chi connectivity index (χ2v) is 2.68. The van der Waals surface area contributed by atoms with Crippen LogP contribution in [-0.2, 0) is 14.3 Å². The lowest BCUT2D eigenvalue weighted by molar-refractivity contribution is -0.138. The van der Waals surface area contributed by atoms with Crippen molar-refractivity contribution in [1.82, 2.24) is 0 Å². The van der Waals surface area contributed by atoms with Crippen LogP contribution in [0, 0.1) is 5.92 Å². The fraction of sp³-hybridized carbons (Fsp3) is 0.556. The Kier molecular flexibility index (Phi) is 5.97. The molecule has 68 valence electrons. The lowest BCUT2D eigenvalue weighted by Crippen LogP contribution is -2.09. The predicted octanol–water partition coefficient (Wildman–Crippen LogP) is 1.33. The highest BCUT2D eigenvalue weighted by Gasteiger charge is 2.03. The van der Waals surface area contributed by atoms with Gasteiger partial charge in [0, 0.05) is 12.5 Å². The topological polar surface area (TPSA) is 43.4 Å². The molecule has 0 aliphatic rings. The molecule has 3 nitrogen and oxygen atoms in total. The molecular formula is C9H14O3. The summed E-state index contributed by atoms with van der Waals surface area (Å²) in [5.41, 5.74) is 0. The van der Waals surface area contributed by atoms with E-state index in [1.807, 2.05) is 6.92 Å². The van der Waals surface area contributed by atoms with Crippen molar-refractivity contribution >= 4 is 12.3 Å². The fourth-order valence-corrected chi connectivity index (χ4v) is 0.719. The Morgan fingerprint density at radius 1 is 1.67 bits per heavy atom. The third kappa shape index (κ3) is 5.65. The molecule has 0 aromatic heterocycles. The minimum Gasteiger partial charge on any atom is -0.462 e. The first-order chi connectivity index (χ1) is 5.70. The predicted molar refractivity (Wildman–Crippen MR) is 45.6 cm³/mol. The Labute approximate surface area is 72.4 Å². The summed E-state index contributed by atoms with van der Waals surface area (Å²) in [5.74, 6) is -0.174. The van der Waals surface area contributed by atoms with Crippen molar-refractivity contribution in [2.75, 3.05) is 6.61 Å². The molecule has 0 amide bonds. The molecule has 0 heterocycles. The monoisotopic (exact) mass is 170 g/mol. The first kappa shape index (κ1) is 10.9. The normalized spacial score (nSPS) is 11.8. The molecule has 0 saturated carbocycles. The van der Waals surface area contributed by atoms with E-state index in [4.69, 9.17) is 4.74 Å². The zero-order valence-electron chi connectivity index (χ0n) is 7.29. The van der Waals surface area contributed by atoms with Crippen LogP contribution < -0.4 is 0 Å². The van der Waals surface area contributed by atoms with Gasteiger partial charge in [0.05, 0.1) is 6.61 Å². The summed E-state index contributed by atoms with van der Waals surface area (Å²) >= 11 is 0. The smallest absolute Gasteiger partial charge is 0.330 e. The van der Waals surface area contributed by atoms with Crippen LogP contribution in [0.2, 0.25) is 0 Å². The van der Waals surface area contributed by atoms with Crippen LogP contribution in [0.3, 0.4) is 0 Å². The van der Waals surface area contributed by atoms with Gasteiger partial charge in [-0.2, -0.15) is 0 Å². The molecule has 0 radical (unpaired) electrons. The number of hydrogen-bond acceptors (Lipinski definition) is 3. The molecule has 0 rings (SSSR count). The molecule has 1 atom stereocenters. The van der Waals surface area contributed by atoms with Crippen LogP contribution in [0.25, 0.3) is 0 Å². The summed E-state index contributed by atoms with van der Waals surface area (Å²) in [6, 6.07) is 0. The van der Waals surface area contributed by atoms with Crippen LogP contribution in [0.15, 0.2) is 12.7 Å². The number of esters is 1. The second-order valence-electron chi connectivity index (χ2n) is 2.68. The van der Waals surface area contributed by atoms with Gasteiger partial charge in [0.2, 0.25) is 0 Å². The summed E-state index contributed by atoms with van der Waals surface area (Å²) in [5, 5.41) is 0. The average molecular weight is 170 g/mol. The van der Waals surface area contributed by atoms with Crippen LogP contribution >= 0.6 is 0 Å². The fourth-order valence-electron chi connectivity index (χ4n) is 0.719. The molecule has 0 bridgehead atoms. The molecule has 0 saturated heterocycles. The summed E-state index contributed by atoms with van der Waals surface area (Å²) in [7, 11) is 0. The Morgan fingerprint density at radius 2 is 2.33 bits per heavy atom. The summed E-state index contributed by atoms with van der Waals surface area (Å²) in [6.07, 6.45) is 3.28. The van der Waals surface area contributed by atoms with E-state index in [-0.39, 0.29) is 5.92 Å². The number of carbonyl (C=O) groups is 2. The SMILES string of the molecule is C=CC(=O)OCC(C)CCC=O. The lowest BCUT2D eigenvalue weighted by atomic mass is 10.1. The Morgan fingerprint density at radius 3 is 2.83 bits per heavy atom. The molecule has 0 aromatic carbocycles. The number of rotatable bonds is 6. The Balaban J connectivity index is 3.42. The molecule has 1 unspecified atom stereocenters. The molecule has 0 fully saturated rings. The van der Waals surface area contributed by atoms with Crippen LogP contribution in [-0.4, -0.2) is 18.9 Å². The molecule has 3 heteroatoms. The van der Waals surface area contributed by atoms with Crippen molar-refractivity contribution < 1.29 is 14.3 Å². The largest absolute Gasteiger partial charge is 0.462 e. The van der Waals surface area contributed by atoms with E-state index in [0.29, 0.717) is 13.0 Å². The van der Waals surface area contributed by atoms with Gasteiger partial charge in [-0.15, -0.1) is 0 Å². The summed E-state index contributed by atoms with van der Waals surface area (Å²) in [6.45, 7) is 5.56. The highest BCUT2D eigenvalue weighted by Crippen LogP contribution is 2.04. The van der Waals surface area contributed by atoms with Gasteiger partial charge in [-0.1, -0.05) is 13.5 Å². The van der Waals surface area contributed by atoms with Crippen molar-refractivity contribution in [3.63, 3.8) is 0 Å². The maximum absolute atomic E-state index is 10.6. The molecular weight excluding hydrogens is 156 g/mol. The zero-order valence-corrected chi connectivity index (χ0v) is 7.29. The maximum Gasteiger partial charge on any atom is 0.330 e. The first-order valence-electron chi connectivity index (χ1n) is 3.93. The van der Waals surface area contributed by atoms with Crippen LogP contribution in [0.4, 0.5) is 0 Å². The van der Waals surface area contributed by atoms with E-state index in [2.05, 4.69) is 6.58 Å². The minimum atomic E-state index is -0.409. The van der Waals surface area contributed by atoms with Crippen molar-refractivity contribution in [2.24, 2.45) is 5.92 Å². The van der Waals surface area contributed by atoms with Crippen LogP contribution in [0.1, 0.15) is 19.8 Å². The molecule has 0 aliphatic heterocycles. The van der Waals surface area contributed by atoms with Gasteiger partial charge in [-0.3, -0.25) is 0 Å². The van der Waals surface area contributed by atoms with Gasteiger partial charge in [0.25, 0.3) is 0 Å². The quantitative estimate of drug-likeness (QED) is 0.343. The third-order valence-corrected chi connectivity index (χ3v) is 1.45. The summed E-state index contributed by atoms with van der Waals surface area (Å²) < 4.78 is 4.78. The van der Waals surface area contributed by atoms with Crippen molar-refractivity contribution in [1.29, 1.82) is 0 Å². The molecule has 12 heavy (non-hydrogen) atoms.